The predicted molar refractivity (Wildman–Crippen MR) is 109 cm³/mol. The van der Waals surface area contributed by atoms with E-state index in [1.807, 2.05) is 0 Å². The van der Waals surface area contributed by atoms with Crippen LogP contribution in [-0.4, -0.2) is 98.5 Å². The molecule has 3 fully saturated rings. The third-order valence-corrected chi connectivity index (χ3v) is 6.78. The second-order valence-electron chi connectivity index (χ2n) is 9.10. The number of phenolic OH excluding ortho intramolecular Hbond substituents is 1. The van der Waals surface area contributed by atoms with Gasteiger partial charge < -0.3 is 49.6 Å². The van der Waals surface area contributed by atoms with E-state index >= 15 is 0 Å². The van der Waals surface area contributed by atoms with Gasteiger partial charge in [-0.05, 0) is 37.6 Å². The van der Waals surface area contributed by atoms with Crippen LogP contribution in [0.4, 0.5) is 0 Å². The molecule has 3 aliphatic rings. The lowest BCUT2D eigenvalue weighted by molar-refractivity contribution is -0.357. The van der Waals surface area contributed by atoms with E-state index < -0.39 is 67.2 Å². The first-order valence-corrected chi connectivity index (χ1v) is 10.9. The first-order chi connectivity index (χ1) is 15.6. The Labute approximate surface area is 190 Å². The molecule has 2 heterocycles. The van der Waals surface area contributed by atoms with Gasteiger partial charge in [-0.25, -0.2) is 4.79 Å². The van der Waals surface area contributed by atoms with Gasteiger partial charge in [0.15, 0.2) is 12.6 Å². The third-order valence-electron chi connectivity index (χ3n) is 6.78. The minimum Gasteiger partial charge on any atom is -0.508 e. The van der Waals surface area contributed by atoms with Crippen LogP contribution in [0.1, 0.15) is 30.1 Å². The van der Waals surface area contributed by atoms with Crippen molar-refractivity contribution < 1.29 is 54.4 Å². The monoisotopic (exact) mass is 470 g/mol. The zero-order valence-corrected chi connectivity index (χ0v) is 18.1. The van der Waals surface area contributed by atoms with Crippen LogP contribution in [0.25, 0.3) is 0 Å². The fraction of sp³-hybridized carbons (Fsp3) is 0.682. The summed E-state index contributed by atoms with van der Waals surface area (Å²) in [5, 5.41) is 60.2. The second kappa shape index (κ2) is 9.43. The Hall–Kier alpha value is -1.83. The quantitative estimate of drug-likeness (QED) is 0.287. The molecule has 0 amide bonds. The van der Waals surface area contributed by atoms with Crippen LogP contribution < -0.4 is 0 Å². The summed E-state index contributed by atoms with van der Waals surface area (Å²) in [5.41, 5.74) is -1.08. The van der Waals surface area contributed by atoms with Gasteiger partial charge in [0, 0.05) is 18.3 Å². The zero-order valence-electron chi connectivity index (χ0n) is 18.1. The molecule has 0 aromatic heterocycles. The van der Waals surface area contributed by atoms with Gasteiger partial charge >= 0.3 is 5.97 Å². The number of fused-ring (bicyclic) bond motifs is 1. The molecule has 33 heavy (non-hydrogen) atoms. The first kappa shape index (κ1) is 24.3. The number of aliphatic hydroxyl groups excluding tert-OH is 4. The number of benzene rings is 1. The molecule has 1 aliphatic carbocycles. The van der Waals surface area contributed by atoms with Crippen LogP contribution in [0.2, 0.25) is 0 Å². The first-order valence-electron chi connectivity index (χ1n) is 10.9. The molecule has 0 spiro atoms. The summed E-state index contributed by atoms with van der Waals surface area (Å²) in [4.78, 5) is 12.6. The molecule has 0 radical (unpaired) electrons. The molecule has 184 valence electrons. The maximum absolute atomic E-state index is 12.6. The van der Waals surface area contributed by atoms with Crippen LogP contribution in [0.3, 0.4) is 0 Å². The molecular weight excluding hydrogens is 440 g/mol. The summed E-state index contributed by atoms with van der Waals surface area (Å²) in [6, 6.07) is 5.64. The van der Waals surface area contributed by atoms with Crippen LogP contribution in [0, 0.1) is 11.8 Å². The number of aromatic hydroxyl groups is 1. The standard InChI is InChI=1S/C22H30O11/c1-22(29)8-13(31-19(28)10-2-4-11(24)5-3-10)12-6-7-30-20(15(12)22)33-21-18(27)17(26)16(25)14(9-23)32-21/h2-5,12-18,20-21,23-27,29H,6-9H2,1H3/t12-,13+,14+,15+,16+,17-,18+,20-,21-,22-/m0/s1. The lowest BCUT2D eigenvalue weighted by Gasteiger charge is -2.44. The molecular formula is C22H30O11. The highest BCUT2D eigenvalue weighted by atomic mass is 16.8. The summed E-state index contributed by atoms with van der Waals surface area (Å²) < 4.78 is 22.6. The van der Waals surface area contributed by atoms with Gasteiger partial charge in [-0.2, -0.15) is 0 Å². The highest BCUT2D eigenvalue weighted by molar-refractivity contribution is 5.89. The fourth-order valence-electron chi connectivity index (χ4n) is 5.04. The van der Waals surface area contributed by atoms with Crippen molar-refractivity contribution in [2.75, 3.05) is 13.2 Å². The zero-order chi connectivity index (χ0) is 23.9. The summed E-state index contributed by atoms with van der Waals surface area (Å²) in [5.74, 6) is -1.52. The molecule has 4 rings (SSSR count). The molecule has 11 heteroatoms. The minimum atomic E-state index is -1.61. The maximum atomic E-state index is 12.6. The van der Waals surface area contributed by atoms with Crippen molar-refractivity contribution in [3.05, 3.63) is 29.8 Å². The number of ether oxygens (including phenoxy) is 4. The van der Waals surface area contributed by atoms with E-state index in [9.17, 15) is 35.4 Å². The van der Waals surface area contributed by atoms with E-state index in [4.69, 9.17) is 18.9 Å². The van der Waals surface area contributed by atoms with E-state index in [2.05, 4.69) is 0 Å². The lowest BCUT2D eigenvalue weighted by atomic mass is 9.83. The molecule has 0 unspecified atom stereocenters. The molecule has 1 aromatic rings. The van der Waals surface area contributed by atoms with Crippen molar-refractivity contribution in [1.82, 2.24) is 0 Å². The Bertz CT molecular complexity index is 826. The SMILES string of the molecule is C[C@]1(O)C[C@@H](OC(=O)c2ccc(O)cc2)[C@@H]2CCO[C@@H](O[C@@H]3O[C@H](CO)[C@@H](O)[C@H](O)[C@H]3O)[C@@H]21. The number of esters is 1. The van der Waals surface area contributed by atoms with Gasteiger partial charge in [0.05, 0.1) is 24.4 Å². The van der Waals surface area contributed by atoms with Crippen LogP contribution in [-0.2, 0) is 18.9 Å². The number of carbonyl (C=O) groups excluding carboxylic acids is 1. The van der Waals surface area contributed by atoms with Crippen LogP contribution in [0.15, 0.2) is 24.3 Å². The molecule has 0 bridgehead atoms. The summed E-state index contributed by atoms with van der Waals surface area (Å²) in [7, 11) is 0. The van der Waals surface area contributed by atoms with E-state index in [0.29, 0.717) is 6.42 Å². The van der Waals surface area contributed by atoms with Gasteiger partial charge in [0.25, 0.3) is 0 Å². The maximum Gasteiger partial charge on any atom is 0.338 e. The van der Waals surface area contributed by atoms with Gasteiger partial charge in [0.1, 0.15) is 36.3 Å². The number of phenols is 1. The van der Waals surface area contributed by atoms with Crippen LogP contribution in [0.5, 0.6) is 5.75 Å². The Balaban J connectivity index is 1.48. The molecule has 6 N–H and O–H groups in total. The summed E-state index contributed by atoms with van der Waals surface area (Å²) in [6.07, 6.45) is -8.37. The van der Waals surface area contributed by atoms with Crippen molar-refractivity contribution in [2.24, 2.45) is 11.8 Å². The van der Waals surface area contributed by atoms with Crippen molar-refractivity contribution in [1.29, 1.82) is 0 Å². The molecule has 2 aliphatic heterocycles. The number of carbonyl (C=O) groups is 1. The second-order valence-corrected chi connectivity index (χ2v) is 9.10. The Morgan fingerprint density at radius 2 is 1.82 bits per heavy atom. The molecule has 11 nitrogen and oxygen atoms in total. The third kappa shape index (κ3) is 4.73. The largest absolute Gasteiger partial charge is 0.508 e. The van der Waals surface area contributed by atoms with Gasteiger partial charge in [-0.3, -0.25) is 0 Å². The number of rotatable bonds is 5. The van der Waals surface area contributed by atoms with Crippen molar-refractivity contribution >= 4 is 5.97 Å². The normalized spacial score (nSPS) is 43.2. The highest BCUT2D eigenvalue weighted by Gasteiger charge is 2.58. The van der Waals surface area contributed by atoms with Crippen molar-refractivity contribution in [3.63, 3.8) is 0 Å². The summed E-state index contributed by atoms with van der Waals surface area (Å²) >= 11 is 0. The lowest BCUT2D eigenvalue weighted by Crippen LogP contribution is -2.61. The summed E-state index contributed by atoms with van der Waals surface area (Å²) in [6.45, 7) is 1.21. The molecule has 2 saturated heterocycles. The highest BCUT2D eigenvalue weighted by Crippen LogP contribution is 2.49. The van der Waals surface area contributed by atoms with E-state index in [0.717, 1.165) is 0 Å². The molecule has 10 atom stereocenters. The molecule has 1 aromatic carbocycles. The van der Waals surface area contributed by atoms with Gasteiger partial charge in [-0.1, -0.05) is 0 Å². The Morgan fingerprint density at radius 3 is 2.48 bits per heavy atom. The Morgan fingerprint density at radius 1 is 1.12 bits per heavy atom. The van der Waals surface area contributed by atoms with E-state index in [1.54, 1.807) is 6.92 Å². The number of aliphatic hydroxyl groups is 5. The average Bonchev–Trinajstić information content (AvgIpc) is 3.05. The van der Waals surface area contributed by atoms with Crippen molar-refractivity contribution in [2.45, 2.75) is 68.5 Å². The van der Waals surface area contributed by atoms with Crippen LogP contribution >= 0.6 is 0 Å². The smallest absolute Gasteiger partial charge is 0.338 e. The average molecular weight is 470 g/mol. The molecule has 1 saturated carbocycles. The fourth-order valence-corrected chi connectivity index (χ4v) is 5.04. The topological polar surface area (TPSA) is 175 Å². The van der Waals surface area contributed by atoms with E-state index in [-0.39, 0.29) is 30.3 Å². The number of hydrogen-bond donors (Lipinski definition) is 6. The van der Waals surface area contributed by atoms with Gasteiger partial charge in [-0.15, -0.1) is 0 Å². The minimum absolute atomic E-state index is 0.0213. The number of hydrogen-bond acceptors (Lipinski definition) is 11. The van der Waals surface area contributed by atoms with E-state index in [1.165, 1.54) is 24.3 Å². The van der Waals surface area contributed by atoms with Crippen molar-refractivity contribution in [3.8, 4) is 5.75 Å². The Kier molecular flexibility index (Phi) is 6.95. The van der Waals surface area contributed by atoms with Gasteiger partial charge in [0.2, 0.25) is 0 Å². The predicted octanol–water partition coefficient (Wildman–Crippen LogP) is -1.13.